The van der Waals surface area contributed by atoms with Gasteiger partial charge < -0.3 is 4.98 Å². The fourth-order valence-corrected chi connectivity index (χ4v) is 4.83. The third-order valence-electron chi connectivity index (χ3n) is 5.32. The first kappa shape index (κ1) is 18.0. The molecule has 4 aromatic rings. The van der Waals surface area contributed by atoms with Crippen molar-refractivity contribution < 1.29 is 8.42 Å². The van der Waals surface area contributed by atoms with Crippen molar-refractivity contribution in [2.45, 2.75) is 18.9 Å². The Morgan fingerprint density at radius 1 is 1.24 bits per heavy atom. The third kappa shape index (κ3) is 3.02. The Balaban J connectivity index is 1.63. The second kappa shape index (κ2) is 6.49. The predicted octanol–water partition coefficient (Wildman–Crippen LogP) is 1.03. The van der Waals surface area contributed by atoms with Gasteiger partial charge in [0.25, 0.3) is 0 Å². The Morgan fingerprint density at radius 2 is 2.10 bits per heavy atom. The van der Waals surface area contributed by atoms with Gasteiger partial charge in [-0.25, -0.2) is 32.0 Å². The molecular formula is C18H19N7O3S. The van der Waals surface area contributed by atoms with Crippen LogP contribution in [0.1, 0.15) is 18.9 Å². The Hall–Kier alpha value is -3.05. The molecule has 0 amide bonds. The van der Waals surface area contributed by atoms with Crippen molar-refractivity contribution in [3.8, 4) is 11.4 Å². The van der Waals surface area contributed by atoms with Crippen LogP contribution in [0.5, 0.6) is 0 Å². The lowest BCUT2D eigenvalue weighted by atomic mass is 10.1. The zero-order valence-corrected chi connectivity index (χ0v) is 16.5. The number of nitrogens with zero attached hydrogens (tertiary/aromatic N) is 6. The maximum absolute atomic E-state index is 12.7. The zero-order chi connectivity index (χ0) is 20.2. The summed E-state index contributed by atoms with van der Waals surface area (Å²) in [5.74, 6) is 0.460. The van der Waals surface area contributed by atoms with Crippen LogP contribution in [-0.4, -0.2) is 61.2 Å². The maximum atomic E-state index is 12.7. The number of nitrogens with one attached hydrogen (secondary N) is 1. The second-order valence-electron chi connectivity index (χ2n) is 7.24. The number of aromatic amines is 1. The molecule has 0 radical (unpaired) electrons. The molecule has 0 aromatic carbocycles. The van der Waals surface area contributed by atoms with Crippen LogP contribution in [-0.2, 0) is 10.0 Å². The van der Waals surface area contributed by atoms with E-state index in [4.69, 9.17) is 0 Å². The number of hydrogen-bond acceptors (Lipinski definition) is 6. The van der Waals surface area contributed by atoms with E-state index in [1.165, 1.54) is 10.6 Å². The Kier molecular flexibility index (Phi) is 4.03. The lowest BCUT2D eigenvalue weighted by Crippen LogP contribution is -2.42. The minimum atomic E-state index is -3.32. The highest BCUT2D eigenvalue weighted by Crippen LogP contribution is 2.26. The van der Waals surface area contributed by atoms with Gasteiger partial charge in [-0.3, -0.25) is 4.57 Å². The molecule has 1 aliphatic heterocycles. The van der Waals surface area contributed by atoms with Crippen LogP contribution >= 0.6 is 0 Å². The van der Waals surface area contributed by atoms with Crippen molar-refractivity contribution in [3.63, 3.8) is 0 Å². The van der Waals surface area contributed by atoms with Crippen molar-refractivity contribution in [3.05, 3.63) is 47.3 Å². The summed E-state index contributed by atoms with van der Waals surface area (Å²) in [5, 5.41) is 4.32. The Labute approximate surface area is 165 Å². The van der Waals surface area contributed by atoms with E-state index in [9.17, 15) is 13.2 Å². The zero-order valence-electron chi connectivity index (χ0n) is 15.7. The molecule has 150 valence electrons. The van der Waals surface area contributed by atoms with E-state index in [0.29, 0.717) is 36.4 Å². The summed E-state index contributed by atoms with van der Waals surface area (Å²) in [6.45, 7) is 0.719. The van der Waals surface area contributed by atoms with E-state index in [-0.39, 0.29) is 18.3 Å². The molecule has 29 heavy (non-hydrogen) atoms. The molecule has 5 heterocycles. The summed E-state index contributed by atoms with van der Waals surface area (Å²) in [6, 6.07) is 5.43. The number of hydrogen-bond donors (Lipinski definition) is 1. The normalized spacial score (nSPS) is 18.6. The van der Waals surface area contributed by atoms with Gasteiger partial charge in [0.05, 0.1) is 35.8 Å². The van der Waals surface area contributed by atoms with E-state index in [1.807, 2.05) is 24.4 Å². The number of pyridine rings is 1. The van der Waals surface area contributed by atoms with Crippen LogP contribution < -0.4 is 5.69 Å². The minimum absolute atomic E-state index is 0.252. The highest BCUT2D eigenvalue weighted by molar-refractivity contribution is 7.88. The van der Waals surface area contributed by atoms with Gasteiger partial charge in [0.1, 0.15) is 5.52 Å². The maximum Gasteiger partial charge on any atom is 0.328 e. The average molecular weight is 413 g/mol. The molecule has 0 aliphatic carbocycles. The molecule has 0 spiro atoms. The fourth-order valence-electron chi connectivity index (χ4n) is 3.92. The molecule has 1 aliphatic rings. The van der Waals surface area contributed by atoms with Crippen LogP contribution in [0.2, 0.25) is 0 Å². The lowest BCUT2D eigenvalue weighted by molar-refractivity contribution is 0.268. The van der Waals surface area contributed by atoms with Crippen LogP contribution in [0.3, 0.4) is 0 Å². The summed E-state index contributed by atoms with van der Waals surface area (Å²) in [7, 11) is -3.32. The van der Waals surface area contributed by atoms with Crippen molar-refractivity contribution in [1.29, 1.82) is 0 Å². The number of H-pyrrole nitrogens is 1. The molecule has 0 bridgehead atoms. The van der Waals surface area contributed by atoms with E-state index in [0.717, 1.165) is 11.1 Å². The minimum Gasteiger partial charge on any atom is -0.303 e. The van der Waals surface area contributed by atoms with Crippen LogP contribution in [0, 0.1) is 0 Å². The van der Waals surface area contributed by atoms with Crippen molar-refractivity contribution >= 4 is 26.7 Å². The van der Waals surface area contributed by atoms with Gasteiger partial charge in [0.15, 0.2) is 11.5 Å². The van der Waals surface area contributed by atoms with E-state index < -0.39 is 10.0 Å². The van der Waals surface area contributed by atoms with Crippen LogP contribution in [0.4, 0.5) is 0 Å². The molecule has 1 N–H and O–H groups in total. The molecule has 1 unspecified atom stereocenters. The summed E-state index contributed by atoms with van der Waals surface area (Å²) >= 11 is 0. The van der Waals surface area contributed by atoms with Crippen LogP contribution in [0.25, 0.3) is 28.1 Å². The van der Waals surface area contributed by atoms with Gasteiger partial charge in [-0.15, -0.1) is 0 Å². The van der Waals surface area contributed by atoms with Gasteiger partial charge in [-0.1, -0.05) is 6.07 Å². The first-order valence-electron chi connectivity index (χ1n) is 9.27. The molecule has 4 aromatic heterocycles. The summed E-state index contributed by atoms with van der Waals surface area (Å²) in [5.41, 5.74) is 2.29. The van der Waals surface area contributed by atoms with E-state index in [2.05, 4.69) is 20.1 Å². The summed E-state index contributed by atoms with van der Waals surface area (Å²) in [4.78, 5) is 24.5. The summed E-state index contributed by atoms with van der Waals surface area (Å²) < 4.78 is 28.7. The largest absolute Gasteiger partial charge is 0.328 e. The van der Waals surface area contributed by atoms with Crippen molar-refractivity contribution in [2.75, 3.05) is 19.3 Å². The van der Waals surface area contributed by atoms with Gasteiger partial charge in [-0.2, -0.15) is 5.10 Å². The van der Waals surface area contributed by atoms with Gasteiger partial charge in [-0.05, 0) is 25.0 Å². The second-order valence-corrected chi connectivity index (χ2v) is 9.22. The standard InChI is InChI=1S/C18H19N7O3S/c1-29(27,28)23-7-4-5-12(11-23)25-17-14(21-18(25)26)10-19-16(22-17)13-9-20-24-8-3-2-6-15(13)24/h2-3,6,8-10,12H,4-5,7,11H2,1H3,(H,21,26). The van der Waals surface area contributed by atoms with Crippen LogP contribution in [0.15, 0.2) is 41.6 Å². The molecule has 11 heteroatoms. The lowest BCUT2D eigenvalue weighted by Gasteiger charge is -2.31. The first-order valence-corrected chi connectivity index (χ1v) is 11.1. The Morgan fingerprint density at radius 3 is 2.93 bits per heavy atom. The topological polar surface area (TPSA) is 118 Å². The quantitative estimate of drug-likeness (QED) is 0.536. The van der Waals surface area contributed by atoms with E-state index >= 15 is 0 Å². The number of sulfonamides is 1. The molecule has 1 fully saturated rings. The number of imidazole rings is 1. The smallest absolute Gasteiger partial charge is 0.303 e. The SMILES string of the molecule is CS(=O)(=O)N1CCCC(n2c(=O)[nH]c3cnc(-c4cnn5ccccc45)nc32)C1. The summed E-state index contributed by atoms with van der Waals surface area (Å²) in [6.07, 6.45) is 7.69. The monoisotopic (exact) mass is 413 g/mol. The predicted molar refractivity (Wildman–Crippen MR) is 107 cm³/mol. The number of fused-ring (bicyclic) bond motifs is 2. The molecule has 10 nitrogen and oxygen atoms in total. The number of aromatic nitrogens is 6. The highest BCUT2D eigenvalue weighted by atomic mass is 32.2. The Bertz CT molecular complexity index is 1390. The molecule has 5 rings (SSSR count). The molecule has 1 saturated heterocycles. The van der Waals surface area contributed by atoms with Gasteiger partial charge in [0.2, 0.25) is 10.0 Å². The molecule has 0 saturated carbocycles. The van der Waals surface area contributed by atoms with Gasteiger partial charge >= 0.3 is 5.69 Å². The first-order chi connectivity index (χ1) is 13.9. The molecular weight excluding hydrogens is 394 g/mol. The number of rotatable bonds is 3. The van der Waals surface area contributed by atoms with Gasteiger partial charge in [0, 0.05) is 19.3 Å². The number of piperidine rings is 1. The fraction of sp³-hybridized carbons (Fsp3) is 0.333. The highest BCUT2D eigenvalue weighted by Gasteiger charge is 2.29. The van der Waals surface area contributed by atoms with Crippen molar-refractivity contribution in [2.24, 2.45) is 0 Å². The van der Waals surface area contributed by atoms with Crippen molar-refractivity contribution in [1.82, 2.24) is 33.4 Å². The molecule has 1 atom stereocenters. The third-order valence-corrected chi connectivity index (χ3v) is 6.59. The average Bonchev–Trinajstić information content (AvgIpc) is 3.27. The van der Waals surface area contributed by atoms with E-state index in [1.54, 1.807) is 21.5 Å².